The number of imide groups is 1. The summed E-state index contributed by atoms with van der Waals surface area (Å²) in [7, 11) is 0. The second kappa shape index (κ2) is 7.27. The number of likely N-dealkylation sites (tertiary alicyclic amines) is 1. The molecule has 1 saturated heterocycles. The smallest absolute Gasteiger partial charge is 0.244 e. The van der Waals surface area contributed by atoms with Crippen LogP contribution in [0.5, 0.6) is 11.5 Å². The van der Waals surface area contributed by atoms with Crippen LogP contribution in [0.25, 0.3) is 0 Å². The molecule has 2 unspecified atom stereocenters. The zero-order chi connectivity index (χ0) is 21.5. The maximum Gasteiger partial charge on any atom is 0.244 e. The molecule has 1 aliphatic heterocycles. The van der Waals surface area contributed by atoms with E-state index in [0.29, 0.717) is 24.3 Å². The predicted octanol–water partition coefficient (Wildman–Crippen LogP) is 4.23. The summed E-state index contributed by atoms with van der Waals surface area (Å²) in [6.07, 6.45) is 1.37. The minimum atomic E-state index is -0.609. The van der Waals surface area contributed by atoms with Crippen molar-refractivity contribution in [2.75, 3.05) is 11.9 Å². The number of rotatable bonds is 5. The first-order valence-corrected chi connectivity index (χ1v) is 10.2. The number of carbonyl (C=O) groups is 3. The average Bonchev–Trinajstić information content (AvgIpc) is 2.91. The van der Waals surface area contributed by atoms with Crippen molar-refractivity contribution in [3.63, 3.8) is 0 Å². The Bertz CT molecular complexity index is 984. The molecule has 156 valence electrons. The van der Waals surface area contributed by atoms with Crippen LogP contribution in [0.15, 0.2) is 54.6 Å². The van der Waals surface area contributed by atoms with E-state index in [0.717, 1.165) is 10.6 Å². The van der Waals surface area contributed by atoms with E-state index in [1.165, 1.54) is 0 Å². The number of para-hydroxylation sites is 1. The number of hydrogen-bond donors (Lipinski definition) is 1. The van der Waals surface area contributed by atoms with Crippen molar-refractivity contribution in [1.29, 1.82) is 0 Å². The van der Waals surface area contributed by atoms with Gasteiger partial charge in [-0.1, -0.05) is 39.0 Å². The van der Waals surface area contributed by atoms with Crippen LogP contribution in [0.4, 0.5) is 5.69 Å². The summed E-state index contributed by atoms with van der Waals surface area (Å²) in [4.78, 5) is 39.6. The van der Waals surface area contributed by atoms with Crippen LogP contribution in [0.3, 0.4) is 0 Å². The Morgan fingerprint density at radius 2 is 1.67 bits per heavy atom. The number of fused-ring (bicyclic) bond motifs is 2. The minimum absolute atomic E-state index is 0.220. The standard InChI is InChI=1S/C24H26N2O4/c1-23(2)19-13-14-24(23,3)22(29)26(21(19)28)15-20(27)25-16-9-11-18(12-10-16)30-17-7-5-4-6-8-17/h4-12,19H,13-15H2,1-3H3,(H,25,27). The largest absolute Gasteiger partial charge is 0.457 e. The highest BCUT2D eigenvalue weighted by molar-refractivity contribution is 6.07. The van der Waals surface area contributed by atoms with Gasteiger partial charge in [0, 0.05) is 11.6 Å². The molecule has 6 heteroatoms. The maximum absolute atomic E-state index is 13.0. The lowest BCUT2D eigenvalue weighted by Crippen LogP contribution is -2.60. The molecule has 30 heavy (non-hydrogen) atoms. The number of amides is 3. The van der Waals surface area contributed by atoms with Crippen LogP contribution in [0.1, 0.15) is 33.6 Å². The van der Waals surface area contributed by atoms with E-state index in [9.17, 15) is 14.4 Å². The summed E-state index contributed by atoms with van der Waals surface area (Å²) >= 11 is 0. The molecule has 2 aromatic carbocycles. The molecule has 1 saturated carbocycles. The first-order chi connectivity index (χ1) is 14.2. The Labute approximate surface area is 176 Å². The molecule has 2 bridgehead atoms. The molecule has 2 aromatic rings. The zero-order valence-corrected chi connectivity index (χ0v) is 17.5. The Kier molecular flexibility index (Phi) is 4.88. The Morgan fingerprint density at radius 3 is 2.33 bits per heavy atom. The zero-order valence-electron chi connectivity index (χ0n) is 17.5. The molecular formula is C24H26N2O4. The van der Waals surface area contributed by atoms with Crippen LogP contribution in [-0.4, -0.2) is 29.2 Å². The molecule has 0 spiro atoms. The van der Waals surface area contributed by atoms with Crippen molar-refractivity contribution in [1.82, 2.24) is 4.90 Å². The molecule has 2 atom stereocenters. The summed E-state index contributed by atoms with van der Waals surface area (Å²) in [5.41, 5.74) is -0.419. The van der Waals surface area contributed by atoms with Crippen LogP contribution in [0, 0.1) is 16.7 Å². The van der Waals surface area contributed by atoms with Crippen LogP contribution in [0.2, 0.25) is 0 Å². The third kappa shape index (κ3) is 3.26. The molecule has 4 rings (SSSR count). The van der Waals surface area contributed by atoms with Gasteiger partial charge in [0.2, 0.25) is 17.7 Å². The van der Waals surface area contributed by atoms with Gasteiger partial charge >= 0.3 is 0 Å². The highest BCUT2D eigenvalue weighted by Crippen LogP contribution is 2.59. The molecule has 3 amide bonds. The van der Waals surface area contributed by atoms with E-state index in [2.05, 4.69) is 5.32 Å². The predicted molar refractivity (Wildman–Crippen MR) is 113 cm³/mol. The lowest BCUT2D eigenvalue weighted by molar-refractivity contribution is -0.168. The number of hydrogen-bond acceptors (Lipinski definition) is 4. The SMILES string of the molecule is CC12CCC(C(=O)N(CC(=O)Nc3ccc(Oc4ccccc4)cc3)C1=O)C2(C)C. The fourth-order valence-corrected chi connectivity index (χ4v) is 4.63. The molecule has 1 N–H and O–H groups in total. The van der Waals surface area contributed by atoms with Gasteiger partial charge in [0.15, 0.2) is 0 Å². The number of nitrogens with one attached hydrogen (secondary N) is 1. The van der Waals surface area contributed by atoms with Crippen LogP contribution < -0.4 is 10.1 Å². The number of carbonyl (C=O) groups excluding carboxylic acids is 3. The molecule has 1 heterocycles. The van der Waals surface area contributed by atoms with E-state index in [4.69, 9.17) is 4.74 Å². The Morgan fingerprint density at radius 1 is 1.03 bits per heavy atom. The molecule has 0 aromatic heterocycles. The molecule has 6 nitrogen and oxygen atoms in total. The lowest BCUT2D eigenvalue weighted by atomic mass is 9.62. The van der Waals surface area contributed by atoms with Crippen molar-refractivity contribution in [3.05, 3.63) is 54.6 Å². The second-order valence-electron chi connectivity index (χ2n) is 8.86. The van der Waals surface area contributed by atoms with Gasteiger partial charge in [0.1, 0.15) is 18.0 Å². The molecule has 1 aliphatic carbocycles. The van der Waals surface area contributed by atoms with E-state index in [1.807, 2.05) is 51.1 Å². The second-order valence-corrected chi connectivity index (χ2v) is 8.86. The molecule has 0 radical (unpaired) electrons. The molecular weight excluding hydrogens is 380 g/mol. The van der Waals surface area contributed by atoms with Gasteiger partial charge < -0.3 is 10.1 Å². The Balaban J connectivity index is 1.40. The number of nitrogens with zero attached hydrogens (tertiary/aromatic N) is 1. The maximum atomic E-state index is 13.0. The third-order valence-electron chi connectivity index (χ3n) is 6.93. The monoisotopic (exact) mass is 406 g/mol. The fraction of sp³-hybridized carbons (Fsp3) is 0.375. The first kappa shape index (κ1) is 20.1. The number of piperidine rings is 1. The number of benzene rings is 2. The first-order valence-electron chi connectivity index (χ1n) is 10.2. The van der Waals surface area contributed by atoms with Gasteiger partial charge in [-0.15, -0.1) is 0 Å². The lowest BCUT2D eigenvalue weighted by Gasteiger charge is -2.47. The van der Waals surface area contributed by atoms with Crippen molar-refractivity contribution >= 4 is 23.4 Å². The fourth-order valence-electron chi connectivity index (χ4n) is 4.63. The highest BCUT2D eigenvalue weighted by atomic mass is 16.5. The van der Waals surface area contributed by atoms with Gasteiger partial charge in [-0.2, -0.15) is 0 Å². The number of ether oxygens (including phenoxy) is 1. The summed E-state index contributed by atoms with van der Waals surface area (Å²) in [5.74, 6) is 0.281. The normalized spacial score (nSPS) is 24.6. The summed E-state index contributed by atoms with van der Waals surface area (Å²) in [6.45, 7) is 5.62. The Hall–Kier alpha value is -3.15. The average molecular weight is 406 g/mol. The molecule has 2 fully saturated rings. The van der Waals surface area contributed by atoms with Crippen molar-refractivity contribution in [2.45, 2.75) is 33.6 Å². The van der Waals surface area contributed by atoms with Crippen molar-refractivity contribution in [2.24, 2.45) is 16.7 Å². The van der Waals surface area contributed by atoms with Gasteiger partial charge in [-0.3, -0.25) is 19.3 Å². The summed E-state index contributed by atoms with van der Waals surface area (Å²) in [6, 6.07) is 16.4. The van der Waals surface area contributed by atoms with Crippen LogP contribution in [-0.2, 0) is 14.4 Å². The molecule has 2 aliphatic rings. The van der Waals surface area contributed by atoms with E-state index in [1.54, 1.807) is 24.3 Å². The van der Waals surface area contributed by atoms with E-state index < -0.39 is 11.3 Å². The number of anilines is 1. The third-order valence-corrected chi connectivity index (χ3v) is 6.93. The van der Waals surface area contributed by atoms with Gasteiger partial charge in [0.25, 0.3) is 0 Å². The topological polar surface area (TPSA) is 75.7 Å². The quantitative estimate of drug-likeness (QED) is 0.754. The van der Waals surface area contributed by atoms with E-state index in [-0.39, 0.29) is 29.7 Å². The highest BCUT2D eigenvalue weighted by Gasteiger charge is 2.64. The van der Waals surface area contributed by atoms with Gasteiger partial charge in [0.05, 0.1) is 5.41 Å². The summed E-state index contributed by atoms with van der Waals surface area (Å²) < 4.78 is 5.74. The van der Waals surface area contributed by atoms with Crippen LogP contribution >= 0.6 is 0 Å². The van der Waals surface area contributed by atoms with Crippen molar-refractivity contribution in [3.8, 4) is 11.5 Å². The van der Waals surface area contributed by atoms with Gasteiger partial charge in [-0.05, 0) is 54.7 Å². The summed E-state index contributed by atoms with van der Waals surface area (Å²) in [5, 5.41) is 2.76. The van der Waals surface area contributed by atoms with E-state index >= 15 is 0 Å². The minimum Gasteiger partial charge on any atom is -0.457 e. The van der Waals surface area contributed by atoms with Crippen molar-refractivity contribution < 1.29 is 19.1 Å². The van der Waals surface area contributed by atoms with Gasteiger partial charge in [-0.25, -0.2) is 0 Å².